The van der Waals surface area contributed by atoms with Gasteiger partial charge in [-0.25, -0.2) is 9.97 Å². The molecule has 0 fully saturated rings. The topological polar surface area (TPSA) is 75.9 Å². The van der Waals surface area contributed by atoms with Crippen LogP contribution < -0.4 is 16.4 Å². The molecule has 0 saturated heterocycles. The van der Waals surface area contributed by atoms with Crippen molar-refractivity contribution in [3.8, 4) is 11.4 Å². The summed E-state index contributed by atoms with van der Waals surface area (Å²) in [6.45, 7) is 6.97. The third-order valence-electron chi connectivity index (χ3n) is 5.28. The summed E-state index contributed by atoms with van der Waals surface area (Å²) in [5.74, 6) is 0.324. The Morgan fingerprint density at radius 1 is 1.00 bits per heavy atom. The van der Waals surface area contributed by atoms with Crippen LogP contribution >= 0.6 is 0 Å². The van der Waals surface area contributed by atoms with Gasteiger partial charge < -0.3 is 16.4 Å². The molecular formula is C26H24F3N5. The Kier molecular flexibility index (Phi) is 6.40. The van der Waals surface area contributed by atoms with Crippen molar-refractivity contribution in [2.45, 2.75) is 19.5 Å². The number of para-hydroxylation sites is 1. The van der Waals surface area contributed by atoms with E-state index >= 15 is 0 Å². The van der Waals surface area contributed by atoms with Gasteiger partial charge in [0.2, 0.25) is 0 Å². The Labute approximate surface area is 195 Å². The third kappa shape index (κ3) is 4.80. The fraction of sp³-hybridized carbons (Fsp3) is 0.154. The van der Waals surface area contributed by atoms with E-state index in [1.54, 1.807) is 30.3 Å². The SMILES string of the molecule is C=C(Nc1nc(-c2ccccc2C(F)(F)F)nc2ccccc12)c1cc(N)ccc1NCCC. The molecule has 0 saturated carbocycles. The lowest BCUT2D eigenvalue weighted by molar-refractivity contribution is -0.137. The summed E-state index contributed by atoms with van der Waals surface area (Å²) >= 11 is 0. The van der Waals surface area contributed by atoms with Crippen LogP contribution in [0.3, 0.4) is 0 Å². The zero-order chi connectivity index (χ0) is 24.3. The van der Waals surface area contributed by atoms with Gasteiger partial charge in [-0.15, -0.1) is 0 Å². The number of aromatic nitrogens is 2. The highest BCUT2D eigenvalue weighted by molar-refractivity contribution is 5.95. The average Bonchev–Trinajstić information content (AvgIpc) is 2.82. The lowest BCUT2D eigenvalue weighted by Gasteiger charge is -2.18. The minimum atomic E-state index is -4.54. The summed E-state index contributed by atoms with van der Waals surface area (Å²) in [4.78, 5) is 8.91. The second kappa shape index (κ2) is 9.43. The van der Waals surface area contributed by atoms with Crippen LogP contribution in [-0.2, 0) is 6.18 Å². The van der Waals surface area contributed by atoms with Gasteiger partial charge in [0.05, 0.1) is 11.1 Å². The minimum absolute atomic E-state index is 0.0289. The molecule has 4 N–H and O–H groups in total. The molecule has 0 unspecified atom stereocenters. The molecule has 4 aromatic rings. The first-order valence-electron chi connectivity index (χ1n) is 10.8. The van der Waals surface area contributed by atoms with Crippen molar-refractivity contribution in [1.82, 2.24) is 9.97 Å². The molecule has 0 aliphatic rings. The average molecular weight is 464 g/mol. The Morgan fingerprint density at radius 2 is 1.74 bits per heavy atom. The van der Waals surface area contributed by atoms with E-state index in [1.165, 1.54) is 18.2 Å². The Morgan fingerprint density at radius 3 is 2.50 bits per heavy atom. The molecule has 0 atom stereocenters. The molecule has 5 nitrogen and oxygen atoms in total. The highest BCUT2D eigenvalue weighted by atomic mass is 19.4. The van der Waals surface area contributed by atoms with Gasteiger partial charge in [0, 0.05) is 40.1 Å². The Balaban J connectivity index is 1.81. The molecule has 1 heterocycles. The minimum Gasteiger partial charge on any atom is -0.399 e. The number of halogens is 3. The maximum Gasteiger partial charge on any atom is 0.417 e. The van der Waals surface area contributed by atoms with Crippen LogP contribution in [0.5, 0.6) is 0 Å². The number of alkyl halides is 3. The monoisotopic (exact) mass is 463 g/mol. The number of hydrogen-bond acceptors (Lipinski definition) is 5. The zero-order valence-electron chi connectivity index (χ0n) is 18.6. The van der Waals surface area contributed by atoms with Crippen LogP contribution in [0.25, 0.3) is 28.0 Å². The van der Waals surface area contributed by atoms with Crippen molar-refractivity contribution >= 4 is 33.8 Å². The lowest BCUT2D eigenvalue weighted by atomic mass is 10.1. The number of rotatable bonds is 7. The van der Waals surface area contributed by atoms with Crippen LogP contribution in [0.15, 0.2) is 73.3 Å². The van der Waals surface area contributed by atoms with Gasteiger partial charge in [-0.05, 0) is 42.8 Å². The quantitative estimate of drug-likeness (QED) is 0.263. The highest BCUT2D eigenvalue weighted by Gasteiger charge is 2.34. The van der Waals surface area contributed by atoms with Crippen molar-refractivity contribution < 1.29 is 13.2 Å². The fourth-order valence-corrected chi connectivity index (χ4v) is 3.65. The maximum atomic E-state index is 13.7. The molecule has 8 heteroatoms. The second-order valence-corrected chi connectivity index (χ2v) is 7.79. The van der Waals surface area contributed by atoms with Crippen LogP contribution in [0.2, 0.25) is 0 Å². The number of nitrogens with zero attached hydrogens (tertiary/aromatic N) is 2. The molecule has 0 aliphatic heterocycles. The van der Waals surface area contributed by atoms with E-state index in [0.29, 0.717) is 28.1 Å². The molecular weight excluding hydrogens is 439 g/mol. The molecule has 0 amide bonds. The number of nitrogen functional groups attached to an aromatic ring is 1. The second-order valence-electron chi connectivity index (χ2n) is 7.79. The molecule has 3 aromatic carbocycles. The molecule has 0 spiro atoms. The van der Waals surface area contributed by atoms with Crippen LogP contribution in [0.4, 0.5) is 30.4 Å². The largest absolute Gasteiger partial charge is 0.417 e. The van der Waals surface area contributed by atoms with E-state index in [9.17, 15) is 13.2 Å². The lowest BCUT2D eigenvalue weighted by Crippen LogP contribution is -2.10. The first-order valence-corrected chi connectivity index (χ1v) is 10.8. The van der Waals surface area contributed by atoms with E-state index in [1.807, 2.05) is 12.1 Å². The standard InChI is InChI=1S/C26H24F3N5/c1-3-14-31-22-13-12-17(30)15-20(22)16(2)32-25-19-9-5-7-11-23(19)33-24(34-25)18-8-4-6-10-21(18)26(27,28)29/h4-13,15,31H,2-3,14,30H2,1H3,(H,32,33,34). The van der Waals surface area contributed by atoms with Crippen LogP contribution in [0, 0.1) is 0 Å². The van der Waals surface area contributed by atoms with Gasteiger partial charge in [0.15, 0.2) is 5.82 Å². The first-order chi connectivity index (χ1) is 16.3. The molecule has 34 heavy (non-hydrogen) atoms. The highest BCUT2D eigenvalue weighted by Crippen LogP contribution is 2.37. The molecule has 0 bridgehead atoms. The molecule has 0 radical (unpaired) electrons. The van der Waals surface area contributed by atoms with Gasteiger partial charge in [-0.2, -0.15) is 13.2 Å². The summed E-state index contributed by atoms with van der Waals surface area (Å²) in [7, 11) is 0. The predicted molar refractivity (Wildman–Crippen MR) is 132 cm³/mol. The molecule has 0 aliphatic carbocycles. The van der Waals surface area contributed by atoms with Crippen molar-refractivity contribution in [2.75, 3.05) is 22.9 Å². The van der Waals surface area contributed by atoms with Crippen LogP contribution in [0.1, 0.15) is 24.5 Å². The Hall–Kier alpha value is -4.07. The molecule has 1 aromatic heterocycles. The molecule has 174 valence electrons. The molecule has 4 rings (SSSR count). The van der Waals surface area contributed by atoms with E-state index in [4.69, 9.17) is 5.73 Å². The first kappa shape index (κ1) is 23.1. The van der Waals surface area contributed by atoms with E-state index in [-0.39, 0.29) is 11.4 Å². The van der Waals surface area contributed by atoms with Crippen molar-refractivity contribution in [3.05, 3.63) is 84.4 Å². The van der Waals surface area contributed by atoms with Gasteiger partial charge in [0.1, 0.15) is 5.82 Å². The third-order valence-corrected chi connectivity index (χ3v) is 5.28. The van der Waals surface area contributed by atoms with Crippen LogP contribution in [-0.4, -0.2) is 16.5 Å². The Bertz CT molecular complexity index is 1350. The number of nitrogens with two attached hydrogens (primary N) is 1. The summed E-state index contributed by atoms with van der Waals surface area (Å²) in [5.41, 5.74) is 8.28. The number of hydrogen-bond donors (Lipinski definition) is 3. The predicted octanol–water partition coefficient (Wildman–Crippen LogP) is 6.80. The van der Waals surface area contributed by atoms with E-state index < -0.39 is 11.7 Å². The smallest absolute Gasteiger partial charge is 0.399 e. The zero-order valence-corrected chi connectivity index (χ0v) is 18.6. The summed E-state index contributed by atoms with van der Waals surface area (Å²) < 4.78 is 41.0. The van der Waals surface area contributed by atoms with E-state index in [2.05, 4.69) is 34.1 Å². The number of anilines is 3. The number of benzene rings is 3. The maximum absolute atomic E-state index is 13.7. The number of nitrogens with one attached hydrogen (secondary N) is 2. The van der Waals surface area contributed by atoms with E-state index in [0.717, 1.165) is 30.3 Å². The fourth-order valence-electron chi connectivity index (χ4n) is 3.65. The summed E-state index contributed by atoms with van der Waals surface area (Å²) in [6.07, 6.45) is -3.60. The van der Waals surface area contributed by atoms with Crippen molar-refractivity contribution in [3.63, 3.8) is 0 Å². The van der Waals surface area contributed by atoms with Gasteiger partial charge in [0.25, 0.3) is 0 Å². The number of fused-ring (bicyclic) bond motifs is 1. The summed E-state index contributed by atoms with van der Waals surface area (Å²) in [6, 6.07) is 17.9. The van der Waals surface area contributed by atoms with Crippen molar-refractivity contribution in [1.29, 1.82) is 0 Å². The summed E-state index contributed by atoms with van der Waals surface area (Å²) in [5, 5.41) is 7.19. The van der Waals surface area contributed by atoms with Crippen molar-refractivity contribution in [2.24, 2.45) is 0 Å². The van der Waals surface area contributed by atoms with Gasteiger partial charge in [-0.1, -0.05) is 43.8 Å². The van der Waals surface area contributed by atoms with Gasteiger partial charge in [-0.3, -0.25) is 0 Å². The normalized spacial score (nSPS) is 11.4. The van der Waals surface area contributed by atoms with Gasteiger partial charge >= 0.3 is 6.18 Å².